The van der Waals surface area contributed by atoms with E-state index in [2.05, 4.69) is 14.4 Å². The van der Waals surface area contributed by atoms with Crippen molar-refractivity contribution in [2.45, 2.75) is 26.7 Å². The van der Waals surface area contributed by atoms with E-state index in [4.69, 9.17) is 4.52 Å². The van der Waals surface area contributed by atoms with Gasteiger partial charge >= 0.3 is 7.82 Å². The predicted molar refractivity (Wildman–Crippen MR) is 107 cm³/mol. The molecule has 1 N–H and O–H groups in total. The van der Waals surface area contributed by atoms with Crippen LogP contribution in [-0.4, -0.2) is 44.1 Å². The SMILES string of the molecule is COP(=O)(OC)OCCSC(=O)C(C)(C)CCNC(=O)Cc1ccccc1. The summed E-state index contributed by atoms with van der Waals surface area (Å²) < 4.78 is 26.1. The molecule has 1 amide bonds. The summed E-state index contributed by atoms with van der Waals surface area (Å²) in [6, 6.07) is 9.49. The second-order valence-electron chi connectivity index (χ2n) is 6.43. The van der Waals surface area contributed by atoms with Crippen LogP contribution < -0.4 is 5.32 Å². The van der Waals surface area contributed by atoms with Gasteiger partial charge in [0.05, 0.1) is 13.0 Å². The molecule has 0 bridgehead atoms. The summed E-state index contributed by atoms with van der Waals surface area (Å²) in [6.07, 6.45) is 0.842. The Morgan fingerprint density at radius 1 is 1.15 bits per heavy atom. The number of rotatable bonds is 12. The number of nitrogens with one attached hydrogen (secondary N) is 1. The molecule has 7 nitrogen and oxygen atoms in total. The van der Waals surface area contributed by atoms with E-state index in [1.165, 1.54) is 14.2 Å². The second kappa shape index (κ2) is 11.6. The van der Waals surface area contributed by atoms with Gasteiger partial charge in [0.25, 0.3) is 0 Å². The van der Waals surface area contributed by atoms with Crippen LogP contribution in [0.5, 0.6) is 0 Å². The molecule has 27 heavy (non-hydrogen) atoms. The van der Waals surface area contributed by atoms with Crippen molar-refractivity contribution in [1.29, 1.82) is 0 Å². The van der Waals surface area contributed by atoms with Crippen molar-refractivity contribution in [3.63, 3.8) is 0 Å². The Morgan fingerprint density at radius 3 is 2.37 bits per heavy atom. The average molecular weight is 417 g/mol. The molecule has 0 saturated heterocycles. The maximum Gasteiger partial charge on any atom is 0.474 e. The predicted octanol–water partition coefficient (Wildman–Crippen LogP) is 3.44. The highest BCUT2D eigenvalue weighted by atomic mass is 32.2. The standard InChI is InChI=1S/C18H28NO6PS/c1-18(2,17(21)27-13-12-25-26(22,23-3)24-4)10-11-19-16(20)14-15-8-6-5-7-9-15/h5-9H,10-14H2,1-4H3,(H,19,20). The minimum Gasteiger partial charge on any atom is -0.356 e. The molecular formula is C18H28NO6PS. The van der Waals surface area contributed by atoms with E-state index < -0.39 is 13.2 Å². The Morgan fingerprint density at radius 2 is 1.78 bits per heavy atom. The Kier molecular flexibility index (Phi) is 10.3. The fraction of sp³-hybridized carbons (Fsp3) is 0.556. The Bertz CT molecular complexity index is 645. The van der Waals surface area contributed by atoms with Crippen LogP contribution in [0.4, 0.5) is 0 Å². The lowest BCUT2D eigenvalue weighted by Crippen LogP contribution is -2.32. The van der Waals surface area contributed by atoms with Gasteiger partial charge in [-0.2, -0.15) is 0 Å². The molecule has 0 radical (unpaired) electrons. The number of carbonyl (C=O) groups is 2. The van der Waals surface area contributed by atoms with Gasteiger partial charge in [0.1, 0.15) is 0 Å². The van der Waals surface area contributed by atoms with Crippen molar-refractivity contribution < 1.29 is 27.7 Å². The highest BCUT2D eigenvalue weighted by Crippen LogP contribution is 2.47. The molecule has 0 aromatic heterocycles. The molecule has 0 heterocycles. The molecular weight excluding hydrogens is 389 g/mol. The first kappa shape index (κ1) is 23.9. The third-order valence-electron chi connectivity index (χ3n) is 3.85. The number of amides is 1. The maximum absolute atomic E-state index is 12.4. The van der Waals surface area contributed by atoms with Gasteiger partial charge in [-0.25, -0.2) is 4.57 Å². The van der Waals surface area contributed by atoms with Gasteiger partial charge in [0.15, 0.2) is 5.12 Å². The molecule has 152 valence electrons. The van der Waals surface area contributed by atoms with Crippen LogP contribution in [0.25, 0.3) is 0 Å². The Balaban J connectivity index is 2.29. The van der Waals surface area contributed by atoms with Crippen molar-refractivity contribution in [2.75, 3.05) is 33.1 Å². The third kappa shape index (κ3) is 9.04. The van der Waals surface area contributed by atoms with E-state index in [0.717, 1.165) is 17.3 Å². The maximum atomic E-state index is 12.4. The zero-order valence-corrected chi connectivity index (χ0v) is 17.9. The summed E-state index contributed by atoms with van der Waals surface area (Å²) in [4.78, 5) is 24.3. The first-order valence-electron chi connectivity index (χ1n) is 8.56. The smallest absolute Gasteiger partial charge is 0.356 e. The summed E-state index contributed by atoms with van der Waals surface area (Å²) in [6.45, 7) is 4.16. The van der Waals surface area contributed by atoms with Crippen LogP contribution in [0.2, 0.25) is 0 Å². The zero-order chi connectivity index (χ0) is 20.3. The second-order valence-corrected chi connectivity index (χ2v) is 9.38. The molecule has 1 aromatic rings. The molecule has 0 spiro atoms. The summed E-state index contributed by atoms with van der Waals surface area (Å²) in [7, 11) is -1.04. The van der Waals surface area contributed by atoms with E-state index in [-0.39, 0.29) is 17.6 Å². The van der Waals surface area contributed by atoms with E-state index >= 15 is 0 Å². The highest BCUT2D eigenvalue weighted by Gasteiger charge is 2.28. The van der Waals surface area contributed by atoms with Crippen LogP contribution in [0.3, 0.4) is 0 Å². The monoisotopic (exact) mass is 417 g/mol. The van der Waals surface area contributed by atoms with Crippen LogP contribution in [0.15, 0.2) is 30.3 Å². The third-order valence-corrected chi connectivity index (χ3v) is 6.42. The molecule has 0 aliphatic rings. The first-order valence-corrected chi connectivity index (χ1v) is 11.0. The van der Waals surface area contributed by atoms with Crippen molar-refractivity contribution in [3.05, 3.63) is 35.9 Å². The number of thioether (sulfide) groups is 1. The van der Waals surface area contributed by atoms with Crippen molar-refractivity contribution in [1.82, 2.24) is 5.32 Å². The van der Waals surface area contributed by atoms with Gasteiger partial charge in [-0.3, -0.25) is 23.2 Å². The summed E-state index contributed by atoms with van der Waals surface area (Å²) in [5.41, 5.74) is 0.349. The molecule has 0 saturated carbocycles. The topological polar surface area (TPSA) is 90.9 Å². The zero-order valence-electron chi connectivity index (χ0n) is 16.2. The van der Waals surface area contributed by atoms with Crippen LogP contribution in [0.1, 0.15) is 25.8 Å². The number of hydrogen-bond donors (Lipinski definition) is 1. The molecule has 9 heteroatoms. The molecule has 0 unspecified atom stereocenters. The first-order chi connectivity index (χ1) is 12.7. The van der Waals surface area contributed by atoms with E-state index in [0.29, 0.717) is 25.1 Å². The molecule has 1 rings (SSSR count). The van der Waals surface area contributed by atoms with Gasteiger partial charge in [-0.1, -0.05) is 55.9 Å². The normalized spacial score (nSPS) is 12.0. The minimum atomic E-state index is -3.51. The van der Waals surface area contributed by atoms with Crippen molar-refractivity contribution in [2.24, 2.45) is 5.41 Å². The number of phosphoric acid groups is 1. The van der Waals surface area contributed by atoms with Crippen LogP contribution in [0, 0.1) is 5.41 Å². The minimum absolute atomic E-state index is 0.0203. The van der Waals surface area contributed by atoms with Crippen LogP contribution in [-0.2, 0) is 34.1 Å². The molecule has 1 aromatic carbocycles. The molecule has 0 atom stereocenters. The Hall–Kier alpha value is -1.18. The number of phosphoric ester groups is 1. The molecule has 0 aliphatic heterocycles. The van der Waals surface area contributed by atoms with Gasteiger partial charge < -0.3 is 5.32 Å². The molecule has 0 aliphatic carbocycles. The Labute approximate surface area is 165 Å². The van der Waals surface area contributed by atoms with E-state index in [1.54, 1.807) is 0 Å². The van der Waals surface area contributed by atoms with Gasteiger partial charge in [-0.15, -0.1) is 0 Å². The van der Waals surface area contributed by atoms with E-state index in [9.17, 15) is 14.2 Å². The summed E-state index contributed by atoms with van der Waals surface area (Å²) in [5, 5.41) is 2.83. The van der Waals surface area contributed by atoms with Gasteiger partial charge in [-0.05, 0) is 12.0 Å². The summed E-state index contributed by atoms with van der Waals surface area (Å²) in [5.74, 6) is 0.264. The van der Waals surface area contributed by atoms with Gasteiger partial charge in [0.2, 0.25) is 5.91 Å². The lowest BCUT2D eigenvalue weighted by molar-refractivity contribution is -0.122. The number of carbonyl (C=O) groups excluding carboxylic acids is 2. The van der Waals surface area contributed by atoms with Crippen LogP contribution >= 0.6 is 19.6 Å². The van der Waals surface area contributed by atoms with E-state index in [1.807, 2.05) is 44.2 Å². The van der Waals surface area contributed by atoms with Gasteiger partial charge in [0, 0.05) is 31.9 Å². The number of hydrogen-bond acceptors (Lipinski definition) is 7. The lowest BCUT2D eigenvalue weighted by Gasteiger charge is -2.22. The lowest BCUT2D eigenvalue weighted by atomic mass is 9.91. The fourth-order valence-corrected chi connectivity index (χ4v) is 3.76. The molecule has 0 fully saturated rings. The number of benzene rings is 1. The summed E-state index contributed by atoms with van der Waals surface area (Å²) >= 11 is 1.10. The fourth-order valence-electron chi connectivity index (χ4n) is 2.12. The quantitative estimate of drug-likeness (QED) is 0.411. The van der Waals surface area contributed by atoms with Crippen molar-refractivity contribution >= 4 is 30.6 Å². The highest BCUT2D eigenvalue weighted by molar-refractivity contribution is 8.13. The largest absolute Gasteiger partial charge is 0.474 e. The average Bonchev–Trinajstić information content (AvgIpc) is 2.65. The van der Waals surface area contributed by atoms with Crippen molar-refractivity contribution in [3.8, 4) is 0 Å².